The van der Waals surface area contributed by atoms with Crippen molar-refractivity contribution in [2.24, 2.45) is 0 Å². The maximum atomic E-state index is 13.2. The van der Waals surface area contributed by atoms with Crippen LogP contribution < -0.4 is 0 Å². The van der Waals surface area contributed by atoms with E-state index >= 15 is 0 Å². The molecule has 1 saturated carbocycles. The van der Waals surface area contributed by atoms with Gasteiger partial charge in [-0.05, 0) is 24.5 Å². The Morgan fingerprint density at radius 2 is 2.20 bits per heavy atom. The molecule has 0 radical (unpaired) electrons. The number of hydrogen-bond donors (Lipinski definition) is 0. The van der Waals surface area contributed by atoms with Crippen molar-refractivity contribution in [3.8, 4) is 6.07 Å². The van der Waals surface area contributed by atoms with Crippen LogP contribution in [-0.4, -0.2) is 4.92 Å². The van der Waals surface area contributed by atoms with Gasteiger partial charge in [0.2, 0.25) is 5.82 Å². The zero-order chi connectivity index (χ0) is 11.1. The number of rotatable bonds is 2. The van der Waals surface area contributed by atoms with Crippen molar-refractivity contribution in [1.29, 1.82) is 5.26 Å². The highest BCUT2D eigenvalue weighted by molar-refractivity contribution is 5.44. The van der Waals surface area contributed by atoms with Crippen LogP contribution >= 0.6 is 0 Å². The first kappa shape index (κ1) is 9.59. The number of hydrogen-bond acceptors (Lipinski definition) is 3. The second-order valence-corrected chi connectivity index (χ2v) is 3.62. The highest BCUT2D eigenvalue weighted by atomic mass is 19.1. The molecule has 1 aliphatic rings. The second-order valence-electron chi connectivity index (χ2n) is 3.62. The van der Waals surface area contributed by atoms with E-state index in [1.807, 2.05) is 0 Å². The Kier molecular flexibility index (Phi) is 1.93. The first-order chi connectivity index (χ1) is 7.09. The molecule has 0 spiro atoms. The zero-order valence-electron chi connectivity index (χ0n) is 7.74. The molecule has 1 fully saturated rings. The highest BCUT2D eigenvalue weighted by Gasteiger charge is 2.45. The van der Waals surface area contributed by atoms with Gasteiger partial charge in [-0.15, -0.1) is 0 Å². The Morgan fingerprint density at radius 1 is 1.53 bits per heavy atom. The van der Waals surface area contributed by atoms with E-state index in [0.717, 1.165) is 12.1 Å². The van der Waals surface area contributed by atoms with Gasteiger partial charge in [0.25, 0.3) is 0 Å². The van der Waals surface area contributed by atoms with Gasteiger partial charge in [-0.25, -0.2) is 0 Å². The summed E-state index contributed by atoms with van der Waals surface area (Å²) in [6.07, 6.45) is 1.39. The first-order valence-corrected chi connectivity index (χ1v) is 4.45. The molecule has 2 rings (SSSR count). The Bertz CT molecular complexity index is 475. The van der Waals surface area contributed by atoms with Crippen LogP contribution in [0.1, 0.15) is 18.4 Å². The van der Waals surface area contributed by atoms with Gasteiger partial charge in [0.15, 0.2) is 0 Å². The maximum absolute atomic E-state index is 13.2. The number of benzene rings is 1. The van der Waals surface area contributed by atoms with E-state index in [1.165, 1.54) is 6.07 Å². The summed E-state index contributed by atoms with van der Waals surface area (Å²) < 4.78 is 13.2. The number of nitro benzene ring substituents is 1. The van der Waals surface area contributed by atoms with Crippen molar-refractivity contribution < 1.29 is 9.31 Å². The van der Waals surface area contributed by atoms with E-state index in [-0.39, 0.29) is 0 Å². The molecule has 4 nitrogen and oxygen atoms in total. The van der Waals surface area contributed by atoms with Gasteiger partial charge in [-0.3, -0.25) is 10.1 Å². The lowest BCUT2D eigenvalue weighted by Crippen LogP contribution is -2.04. The maximum Gasteiger partial charge on any atom is 0.304 e. The van der Waals surface area contributed by atoms with Crippen molar-refractivity contribution in [3.63, 3.8) is 0 Å². The molecule has 1 aromatic rings. The number of halogens is 1. The zero-order valence-corrected chi connectivity index (χ0v) is 7.74. The van der Waals surface area contributed by atoms with Crippen LogP contribution in [0.2, 0.25) is 0 Å². The third-order valence-electron chi connectivity index (χ3n) is 2.66. The predicted molar refractivity (Wildman–Crippen MR) is 49.6 cm³/mol. The highest BCUT2D eigenvalue weighted by Crippen LogP contribution is 2.48. The van der Waals surface area contributed by atoms with Crippen LogP contribution in [0.4, 0.5) is 10.1 Å². The lowest BCUT2D eigenvalue weighted by molar-refractivity contribution is -0.387. The largest absolute Gasteiger partial charge is 0.304 e. The fourth-order valence-corrected chi connectivity index (χ4v) is 1.54. The second kappa shape index (κ2) is 3.02. The van der Waals surface area contributed by atoms with Crippen LogP contribution in [0.3, 0.4) is 0 Å². The Hall–Kier alpha value is -1.96. The van der Waals surface area contributed by atoms with Crippen molar-refractivity contribution in [1.82, 2.24) is 0 Å². The van der Waals surface area contributed by atoms with E-state index < -0.39 is 21.8 Å². The normalized spacial score (nSPS) is 16.8. The van der Waals surface area contributed by atoms with Crippen LogP contribution in [0.15, 0.2) is 18.2 Å². The quantitative estimate of drug-likeness (QED) is 0.550. The molecule has 0 saturated heterocycles. The van der Waals surface area contributed by atoms with E-state index in [1.54, 1.807) is 0 Å². The molecule has 0 aliphatic heterocycles. The average Bonchev–Trinajstić information content (AvgIpc) is 2.97. The standard InChI is InChI=1S/C10H7FN2O2/c11-8-5-7(10(6-12)3-4-10)1-2-9(8)13(14)15/h1-2,5H,3-4H2. The van der Waals surface area contributed by atoms with Gasteiger partial charge < -0.3 is 0 Å². The summed E-state index contributed by atoms with van der Waals surface area (Å²) in [6, 6.07) is 5.77. The molecule has 0 aromatic heterocycles. The van der Waals surface area contributed by atoms with E-state index in [9.17, 15) is 14.5 Å². The third-order valence-corrected chi connectivity index (χ3v) is 2.66. The van der Waals surface area contributed by atoms with E-state index in [4.69, 9.17) is 5.26 Å². The van der Waals surface area contributed by atoms with Gasteiger partial charge in [0.05, 0.1) is 16.4 Å². The molecule has 0 atom stereocenters. The fourth-order valence-electron chi connectivity index (χ4n) is 1.54. The summed E-state index contributed by atoms with van der Waals surface area (Å²) in [5.41, 5.74) is -0.615. The van der Waals surface area contributed by atoms with Gasteiger partial charge in [0.1, 0.15) is 0 Å². The molecule has 1 aliphatic carbocycles. The molecule has 0 N–H and O–H groups in total. The molecular formula is C10H7FN2O2. The number of nitrogens with zero attached hydrogens (tertiary/aromatic N) is 2. The summed E-state index contributed by atoms with van der Waals surface area (Å²) in [5, 5.41) is 19.2. The predicted octanol–water partition coefficient (Wildman–Crippen LogP) is 2.29. The average molecular weight is 206 g/mol. The molecule has 0 heterocycles. The Morgan fingerprint density at radius 3 is 2.60 bits per heavy atom. The molecule has 1 aromatic carbocycles. The smallest absolute Gasteiger partial charge is 0.258 e. The van der Waals surface area contributed by atoms with Crippen LogP contribution in [0.5, 0.6) is 0 Å². The van der Waals surface area contributed by atoms with Crippen LogP contribution in [0, 0.1) is 27.3 Å². The van der Waals surface area contributed by atoms with Crippen molar-refractivity contribution >= 4 is 5.69 Å². The fraction of sp³-hybridized carbons (Fsp3) is 0.300. The lowest BCUT2D eigenvalue weighted by atomic mass is 9.97. The summed E-state index contributed by atoms with van der Waals surface area (Å²) in [7, 11) is 0. The molecule has 76 valence electrons. The van der Waals surface area contributed by atoms with Gasteiger partial charge >= 0.3 is 5.69 Å². The van der Waals surface area contributed by atoms with Gasteiger partial charge in [-0.2, -0.15) is 9.65 Å². The number of nitro groups is 1. The first-order valence-electron chi connectivity index (χ1n) is 4.45. The molecule has 5 heteroatoms. The minimum absolute atomic E-state index is 0.535. The minimum Gasteiger partial charge on any atom is -0.258 e. The molecule has 0 unspecified atom stereocenters. The van der Waals surface area contributed by atoms with Crippen molar-refractivity contribution in [3.05, 3.63) is 39.7 Å². The summed E-state index contributed by atoms with van der Waals surface area (Å²) in [4.78, 5) is 9.60. The summed E-state index contributed by atoms with van der Waals surface area (Å²) in [6.45, 7) is 0. The Labute approximate surface area is 85.1 Å². The summed E-state index contributed by atoms with van der Waals surface area (Å²) >= 11 is 0. The molecule has 0 bridgehead atoms. The van der Waals surface area contributed by atoms with Gasteiger partial charge in [0, 0.05) is 6.07 Å². The SMILES string of the molecule is N#CC1(c2ccc([N+](=O)[O-])c(F)c2)CC1. The molecule has 15 heavy (non-hydrogen) atoms. The van der Waals surface area contributed by atoms with E-state index in [0.29, 0.717) is 18.4 Å². The minimum atomic E-state index is -0.876. The summed E-state index contributed by atoms with van der Waals surface area (Å²) in [5.74, 6) is -0.876. The van der Waals surface area contributed by atoms with Gasteiger partial charge in [-0.1, -0.05) is 6.07 Å². The van der Waals surface area contributed by atoms with Crippen LogP contribution in [0.25, 0.3) is 0 Å². The van der Waals surface area contributed by atoms with Crippen molar-refractivity contribution in [2.75, 3.05) is 0 Å². The topological polar surface area (TPSA) is 66.9 Å². The third kappa shape index (κ3) is 1.44. The molecular weight excluding hydrogens is 199 g/mol. The van der Waals surface area contributed by atoms with Crippen LogP contribution in [-0.2, 0) is 5.41 Å². The number of nitriles is 1. The lowest BCUT2D eigenvalue weighted by Gasteiger charge is -2.05. The Balaban J connectivity index is 2.43. The monoisotopic (exact) mass is 206 g/mol. The van der Waals surface area contributed by atoms with E-state index in [2.05, 4.69) is 6.07 Å². The molecule has 0 amide bonds. The van der Waals surface area contributed by atoms with Crippen molar-refractivity contribution in [2.45, 2.75) is 18.3 Å².